The minimum absolute atomic E-state index is 0.112. The van der Waals surface area contributed by atoms with E-state index in [2.05, 4.69) is 10.2 Å². The molecule has 0 aliphatic carbocycles. The van der Waals surface area contributed by atoms with Gasteiger partial charge in [0.25, 0.3) is 0 Å². The number of benzene rings is 1. The number of aromatic nitrogens is 2. The molecule has 0 saturated heterocycles. The van der Waals surface area contributed by atoms with E-state index in [0.29, 0.717) is 11.3 Å². The fourth-order valence-corrected chi connectivity index (χ4v) is 1.30. The molecule has 1 heterocycles. The number of carboxylic acid groups (broad SMARTS) is 1. The molecule has 15 heavy (non-hydrogen) atoms. The Morgan fingerprint density at radius 3 is 2.53 bits per heavy atom. The monoisotopic (exact) mass is 204 g/mol. The van der Waals surface area contributed by atoms with E-state index >= 15 is 0 Å². The predicted octanol–water partition coefficient (Wildman–Crippen LogP) is 1.48. The van der Waals surface area contributed by atoms with E-state index in [4.69, 9.17) is 10.2 Å². The van der Waals surface area contributed by atoms with Crippen LogP contribution in [0.15, 0.2) is 30.5 Å². The van der Waals surface area contributed by atoms with E-state index < -0.39 is 5.97 Å². The van der Waals surface area contributed by atoms with Gasteiger partial charge in [0.2, 0.25) is 0 Å². The highest BCUT2D eigenvalue weighted by Crippen LogP contribution is 2.22. The lowest BCUT2D eigenvalue weighted by Gasteiger charge is -1.99. The first kappa shape index (κ1) is 9.26. The third kappa shape index (κ3) is 1.67. The Bertz CT molecular complexity index is 488. The molecular formula is C10H8N2O3. The molecule has 0 radical (unpaired) electrons. The zero-order valence-electron chi connectivity index (χ0n) is 7.64. The molecule has 0 bridgehead atoms. The summed E-state index contributed by atoms with van der Waals surface area (Å²) in [5.74, 6) is -0.901. The number of aromatic amines is 1. The molecule has 0 saturated carbocycles. The Kier molecular flexibility index (Phi) is 2.13. The molecule has 0 amide bonds. The average Bonchev–Trinajstić information content (AvgIpc) is 2.67. The van der Waals surface area contributed by atoms with Crippen LogP contribution in [0.3, 0.4) is 0 Å². The summed E-state index contributed by atoms with van der Waals surface area (Å²) < 4.78 is 0. The van der Waals surface area contributed by atoms with Gasteiger partial charge >= 0.3 is 5.97 Å². The Labute approximate surface area is 85.0 Å². The number of nitrogens with one attached hydrogen (secondary N) is 1. The molecule has 0 aliphatic heterocycles. The minimum Gasteiger partial charge on any atom is -0.508 e. The van der Waals surface area contributed by atoms with Gasteiger partial charge in [-0.15, -0.1) is 0 Å². The van der Waals surface area contributed by atoms with Crippen LogP contribution in [0.25, 0.3) is 11.3 Å². The zero-order chi connectivity index (χ0) is 10.8. The number of phenols is 1. The smallest absolute Gasteiger partial charge is 0.339 e. The topological polar surface area (TPSA) is 86.2 Å². The van der Waals surface area contributed by atoms with Gasteiger partial charge in [0.15, 0.2) is 0 Å². The molecular weight excluding hydrogens is 196 g/mol. The third-order valence-corrected chi connectivity index (χ3v) is 2.03. The summed E-state index contributed by atoms with van der Waals surface area (Å²) in [7, 11) is 0. The van der Waals surface area contributed by atoms with Gasteiger partial charge < -0.3 is 10.2 Å². The van der Waals surface area contributed by atoms with Crippen LogP contribution in [0.4, 0.5) is 0 Å². The molecule has 1 aromatic carbocycles. The first-order chi connectivity index (χ1) is 7.18. The number of phenolic OH excluding ortho intramolecular Hbond substituents is 1. The Balaban J connectivity index is 2.49. The first-order valence-electron chi connectivity index (χ1n) is 4.24. The summed E-state index contributed by atoms with van der Waals surface area (Å²) in [5, 5.41) is 24.2. The number of hydrogen-bond acceptors (Lipinski definition) is 3. The minimum atomic E-state index is -1.04. The van der Waals surface area contributed by atoms with E-state index in [9.17, 15) is 4.79 Å². The number of nitrogens with zero attached hydrogens (tertiary/aromatic N) is 1. The van der Waals surface area contributed by atoms with Crippen molar-refractivity contribution in [1.82, 2.24) is 10.2 Å². The Hall–Kier alpha value is -2.30. The largest absolute Gasteiger partial charge is 0.508 e. The number of carbonyl (C=O) groups is 1. The second kappa shape index (κ2) is 3.45. The summed E-state index contributed by atoms with van der Waals surface area (Å²) in [5.41, 5.74) is 1.21. The van der Waals surface area contributed by atoms with Crippen molar-refractivity contribution < 1.29 is 15.0 Å². The SMILES string of the molecule is O=C(O)c1cn[nH]c1-c1ccc(O)cc1. The number of hydrogen-bond donors (Lipinski definition) is 3. The summed E-state index contributed by atoms with van der Waals surface area (Å²) in [6, 6.07) is 6.22. The lowest BCUT2D eigenvalue weighted by Crippen LogP contribution is -1.96. The van der Waals surface area contributed by atoms with Crippen molar-refractivity contribution in [1.29, 1.82) is 0 Å². The molecule has 0 spiro atoms. The molecule has 1 aromatic heterocycles. The van der Waals surface area contributed by atoms with E-state index in [0.717, 1.165) is 0 Å². The molecule has 0 fully saturated rings. The number of carboxylic acids is 1. The van der Waals surface area contributed by atoms with Gasteiger partial charge in [-0.3, -0.25) is 5.10 Å². The van der Waals surface area contributed by atoms with Crippen molar-refractivity contribution in [3.05, 3.63) is 36.0 Å². The molecule has 76 valence electrons. The second-order valence-corrected chi connectivity index (χ2v) is 3.01. The molecule has 2 rings (SSSR count). The normalized spacial score (nSPS) is 10.1. The van der Waals surface area contributed by atoms with Crippen LogP contribution >= 0.6 is 0 Å². The van der Waals surface area contributed by atoms with Gasteiger partial charge in [0, 0.05) is 5.56 Å². The van der Waals surface area contributed by atoms with Crippen LogP contribution in [-0.2, 0) is 0 Å². The first-order valence-corrected chi connectivity index (χ1v) is 4.24. The van der Waals surface area contributed by atoms with Crippen LogP contribution in [0.1, 0.15) is 10.4 Å². The Morgan fingerprint density at radius 2 is 1.93 bits per heavy atom. The zero-order valence-corrected chi connectivity index (χ0v) is 7.64. The van der Waals surface area contributed by atoms with Gasteiger partial charge in [-0.05, 0) is 24.3 Å². The van der Waals surface area contributed by atoms with Crippen molar-refractivity contribution >= 4 is 5.97 Å². The average molecular weight is 204 g/mol. The van der Waals surface area contributed by atoms with Crippen LogP contribution in [0, 0.1) is 0 Å². The van der Waals surface area contributed by atoms with Crippen molar-refractivity contribution in [3.8, 4) is 17.0 Å². The van der Waals surface area contributed by atoms with Crippen LogP contribution in [0.2, 0.25) is 0 Å². The highest BCUT2D eigenvalue weighted by atomic mass is 16.4. The summed E-state index contributed by atoms with van der Waals surface area (Å²) >= 11 is 0. The standard InChI is InChI=1S/C10H8N2O3/c13-7-3-1-6(2-4-7)9-8(10(14)15)5-11-12-9/h1-5,13H,(H,11,12)(H,14,15). The molecule has 3 N–H and O–H groups in total. The molecule has 0 unspecified atom stereocenters. The Morgan fingerprint density at radius 1 is 1.27 bits per heavy atom. The van der Waals surface area contributed by atoms with E-state index in [1.165, 1.54) is 18.3 Å². The maximum Gasteiger partial charge on any atom is 0.339 e. The molecule has 5 heteroatoms. The lowest BCUT2D eigenvalue weighted by molar-refractivity contribution is 0.0698. The van der Waals surface area contributed by atoms with Crippen LogP contribution < -0.4 is 0 Å². The molecule has 0 atom stereocenters. The highest BCUT2D eigenvalue weighted by molar-refractivity contribution is 5.94. The van der Waals surface area contributed by atoms with Crippen LogP contribution in [0.5, 0.6) is 5.75 Å². The maximum absolute atomic E-state index is 10.8. The number of rotatable bonds is 2. The van der Waals surface area contributed by atoms with Crippen molar-refractivity contribution in [2.45, 2.75) is 0 Å². The highest BCUT2D eigenvalue weighted by Gasteiger charge is 2.13. The van der Waals surface area contributed by atoms with Crippen molar-refractivity contribution in [3.63, 3.8) is 0 Å². The van der Waals surface area contributed by atoms with Crippen molar-refractivity contribution in [2.24, 2.45) is 0 Å². The third-order valence-electron chi connectivity index (χ3n) is 2.03. The van der Waals surface area contributed by atoms with E-state index in [-0.39, 0.29) is 11.3 Å². The van der Waals surface area contributed by atoms with Crippen molar-refractivity contribution in [2.75, 3.05) is 0 Å². The number of aromatic hydroxyl groups is 1. The van der Waals surface area contributed by atoms with Gasteiger partial charge in [-0.2, -0.15) is 5.10 Å². The molecule has 2 aromatic rings. The summed E-state index contributed by atoms with van der Waals surface area (Å²) in [4.78, 5) is 10.8. The fraction of sp³-hybridized carbons (Fsp3) is 0. The van der Waals surface area contributed by atoms with E-state index in [1.807, 2.05) is 0 Å². The van der Waals surface area contributed by atoms with Gasteiger partial charge in [0.1, 0.15) is 11.3 Å². The van der Waals surface area contributed by atoms with E-state index in [1.54, 1.807) is 12.1 Å². The molecule has 5 nitrogen and oxygen atoms in total. The summed E-state index contributed by atoms with van der Waals surface area (Å²) in [6.45, 7) is 0. The maximum atomic E-state index is 10.8. The predicted molar refractivity (Wildman–Crippen MR) is 52.6 cm³/mol. The number of aromatic carboxylic acids is 1. The van der Waals surface area contributed by atoms with Crippen LogP contribution in [-0.4, -0.2) is 26.4 Å². The van der Waals surface area contributed by atoms with Gasteiger partial charge in [-0.1, -0.05) is 0 Å². The number of H-pyrrole nitrogens is 1. The van der Waals surface area contributed by atoms with Gasteiger partial charge in [-0.25, -0.2) is 4.79 Å². The second-order valence-electron chi connectivity index (χ2n) is 3.01. The molecule has 0 aliphatic rings. The quantitative estimate of drug-likeness (QED) is 0.691. The fourth-order valence-electron chi connectivity index (χ4n) is 1.30. The van der Waals surface area contributed by atoms with Gasteiger partial charge in [0.05, 0.1) is 11.9 Å². The lowest BCUT2D eigenvalue weighted by atomic mass is 10.1. The summed E-state index contributed by atoms with van der Waals surface area (Å²) in [6.07, 6.45) is 1.25.